The number of methoxy groups -OCH3 is 1. The van der Waals surface area contributed by atoms with Gasteiger partial charge < -0.3 is 19.1 Å². The van der Waals surface area contributed by atoms with Crippen molar-refractivity contribution >= 4 is 11.8 Å². The smallest absolute Gasteiger partial charge is 0.290 e. The number of hydrogen-bond acceptors (Lipinski definition) is 4. The van der Waals surface area contributed by atoms with Gasteiger partial charge in [-0.05, 0) is 30.7 Å². The molecule has 0 unspecified atom stereocenters. The number of imidazole rings is 1. The summed E-state index contributed by atoms with van der Waals surface area (Å²) < 4.78 is 6.87. The van der Waals surface area contributed by atoms with E-state index in [1.54, 1.807) is 22.8 Å². The number of benzene rings is 1. The van der Waals surface area contributed by atoms with Gasteiger partial charge in [-0.25, -0.2) is 4.98 Å². The summed E-state index contributed by atoms with van der Waals surface area (Å²) in [7, 11) is 1.62. The molecule has 154 valence electrons. The van der Waals surface area contributed by atoms with Crippen LogP contribution in [0.4, 0.5) is 0 Å². The molecule has 0 bridgehead atoms. The van der Waals surface area contributed by atoms with E-state index in [1.165, 1.54) is 5.56 Å². The minimum atomic E-state index is -0.131. The van der Waals surface area contributed by atoms with Gasteiger partial charge in [0, 0.05) is 46.0 Å². The summed E-state index contributed by atoms with van der Waals surface area (Å²) in [5, 5.41) is 0. The highest BCUT2D eigenvalue weighted by Crippen LogP contribution is 2.23. The third-order valence-electron chi connectivity index (χ3n) is 5.92. The van der Waals surface area contributed by atoms with E-state index < -0.39 is 0 Å². The molecule has 4 rings (SSSR count). The van der Waals surface area contributed by atoms with Crippen LogP contribution < -0.4 is 0 Å². The first-order valence-electron chi connectivity index (χ1n) is 10.3. The predicted octanol–water partition coefficient (Wildman–Crippen LogP) is 2.08. The Morgan fingerprint density at radius 3 is 2.62 bits per heavy atom. The van der Waals surface area contributed by atoms with Crippen molar-refractivity contribution in [1.82, 2.24) is 19.4 Å². The maximum absolute atomic E-state index is 12.9. The van der Waals surface area contributed by atoms with Crippen LogP contribution in [0.2, 0.25) is 0 Å². The largest absolute Gasteiger partial charge is 0.383 e. The molecule has 2 amide bonds. The molecular formula is C22H28N4O3. The molecule has 1 saturated heterocycles. The Hall–Kier alpha value is -2.67. The van der Waals surface area contributed by atoms with Crippen LogP contribution in [0.3, 0.4) is 0 Å². The van der Waals surface area contributed by atoms with Crippen molar-refractivity contribution in [2.45, 2.75) is 25.8 Å². The molecule has 0 atom stereocenters. The summed E-state index contributed by atoms with van der Waals surface area (Å²) >= 11 is 0. The summed E-state index contributed by atoms with van der Waals surface area (Å²) in [4.78, 5) is 33.6. The number of amides is 2. The number of fused-ring (bicyclic) bond motifs is 1. The number of likely N-dealkylation sites (tertiary alicyclic amines) is 1. The Kier molecular flexibility index (Phi) is 5.94. The molecule has 0 aliphatic carbocycles. The topological polar surface area (TPSA) is 67.7 Å². The zero-order valence-electron chi connectivity index (χ0n) is 16.9. The van der Waals surface area contributed by atoms with Crippen LogP contribution >= 0.6 is 0 Å². The van der Waals surface area contributed by atoms with E-state index >= 15 is 0 Å². The van der Waals surface area contributed by atoms with E-state index in [4.69, 9.17) is 4.74 Å². The number of carbonyl (C=O) groups is 2. The highest BCUT2D eigenvalue weighted by Gasteiger charge is 2.30. The van der Waals surface area contributed by atoms with Gasteiger partial charge in [0.2, 0.25) is 0 Å². The number of piperidine rings is 1. The monoisotopic (exact) mass is 396 g/mol. The molecule has 3 heterocycles. The summed E-state index contributed by atoms with van der Waals surface area (Å²) in [6.45, 7) is 3.80. The Balaban J connectivity index is 1.36. The lowest BCUT2D eigenvalue weighted by atomic mass is 9.90. The third kappa shape index (κ3) is 4.34. The summed E-state index contributed by atoms with van der Waals surface area (Å²) in [6.07, 6.45) is 4.79. The highest BCUT2D eigenvalue weighted by atomic mass is 16.5. The maximum atomic E-state index is 12.9. The Labute approximate surface area is 171 Å². The Morgan fingerprint density at radius 1 is 1.14 bits per heavy atom. The van der Waals surface area contributed by atoms with E-state index in [1.807, 2.05) is 11.0 Å². The summed E-state index contributed by atoms with van der Waals surface area (Å²) in [5.41, 5.74) is 1.74. The second-order valence-corrected chi connectivity index (χ2v) is 7.85. The number of ether oxygens (including phenoxy) is 1. The van der Waals surface area contributed by atoms with Gasteiger partial charge in [-0.1, -0.05) is 30.3 Å². The molecule has 1 aromatic carbocycles. The van der Waals surface area contributed by atoms with E-state index in [0.717, 1.165) is 32.4 Å². The zero-order valence-corrected chi connectivity index (χ0v) is 16.9. The van der Waals surface area contributed by atoms with E-state index in [2.05, 4.69) is 29.2 Å². The Bertz CT molecular complexity index is 856. The van der Waals surface area contributed by atoms with Gasteiger partial charge in [0.05, 0.1) is 6.61 Å². The molecule has 1 aromatic heterocycles. The maximum Gasteiger partial charge on any atom is 0.290 e. The van der Waals surface area contributed by atoms with Crippen molar-refractivity contribution in [3.63, 3.8) is 0 Å². The van der Waals surface area contributed by atoms with Crippen LogP contribution in [0.1, 0.15) is 39.5 Å². The van der Waals surface area contributed by atoms with Gasteiger partial charge in [0.1, 0.15) is 5.69 Å². The standard InChI is InChI=1S/C22H28N4O3/c1-29-14-13-25-11-12-26-16-19(23-20(26)22(25)28)21(27)24-9-7-18(8-10-24)15-17-5-3-2-4-6-17/h2-6,16,18H,7-15H2,1H3. The molecule has 7 nitrogen and oxygen atoms in total. The molecular weight excluding hydrogens is 368 g/mol. The second-order valence-electron chi connectivity index (χ2n) is 7.85. The quantitative estimate of drug-likeness (QED) is 0.750. The van der Waals surface area contributed by atoms with Gasteiger partial charge in [0.15, 0.2) is 5.82 Å². The molecule has 0 saturated carbocycles. The van der Waals surface area contributed by atoms with Crippen LogP contribution in [0.15, 0.2) is 36.5 Å². The second kappa shape index (κ2) is 8.78. The Morgan fingerprint density at radius 2 is 1.90 bits per heavy atom. The average Bonchev–Trinajstić information content (AvgIpc) is 3.19. The zero-order chi connectivity index (χ0) is 20.2. The van der Waals surface area contributed by atoms with Crippen molar-refractivity contribution in [1.29, 1.82) is 0 Å². The molecule has 1 fully saturated rings. The molecule has 2 aliphatic heterocycles. The van der Waals surface area contributed by atoms with Crippen LogP contribution in [-0.2, 0) is 17.7 Å². The minimum Gasteiger partial charge on any atom is -0.383 e. The molecule has 0 radical (unpaired) electrons. The average molecular weight is 396 g/mol. The van der Waals surface area contributed by atoms with Gasteiger partial charge in [-0.15, -0.1) is 0 Å². The summed E-state index contributed by atoms with van der Waals surface area (Å²) in [6, 6.07) is 10.5. The van der Waals surface area contributed by atoms with Gasteiger partial charge in [0.25, 0.3) is 11.8 Å². The minimum absolute atomic E-state index is 0.0682. The number of carbonyl (C=O) groups excluding carboxylic acids is 2. The van der Waals surface area contributed by atoms with Crippen molar-refractivity contribution < 1.29 is 14.3 Å². The lowest BCUT2D eigenvalue weighted by molar-refractivity contribution is 0.0633. The summed E-state index contributed by atoms with van der Waals surface area (Å²) in [5.74, 6) is 0.762. The van der Waals surface area contributed by atoms with Gasteiger partial charge in [-0.3, -0.25) is 9.59 Å². The van der Waals surface area contributed by atoms with Crippen molar-refractivity contribution in [2.75, 3.05) is 39.9 Å². The fraction of sp³-hybridized carbons (Fsp3) is 0.500. The first-order valence-corrected chi connectivity index (χ1v) is 10.3. The molecule has 0 N–H and O–H groups in total. The molecule has 0 spiro atoms. The van der Waals surface area contributed by atoms with Crippen LogP contribution in [0.5, 0.6) is 0 Å². The number of nitrogens with zero attached hydrogens (tertiary/aromatic N) is 4. The van der Waals surface area contributed by atoms with Gasteiger partial charge >= 0.3 is 0 Å². The van der Waals surface area contributed by atoms with Crippen molar-refractivity contribution in [2.24, 2.45) is 5.92 Å². The number of hydrogen-bond donors (Lipinski definition) is 0. The molecule has 29 heavy (non-hydrogen) atoms. The number of rotatable bonds is 6. The fourth-order valence-electron chi connectivity index (χ4n) is 4.20. The van der Waals surface area contributed by atoms with E-state index in [9.17, 15) is 9.59 Å². The third-order valence-corrected chi connectivity index (χ3v) is 5.92. The van der Waals surface area contributed by atoms with Crippen molar-refractivity contribution in [3.8, 4) is 0 Å². The van der Waals surface area contributed by atoms with Crippen LogP contribution in [0.25, 0.3) is 0 Å². The van der Waals surface area contributed by atoms with Gasteiger partial charge in [-0.2, -0.15) is 0 Å². The lowest BCUT2D eigenvalue weighted by Gasteiger charge is -2.31. The van der Waals surface area contributed by atoms with Crippen molar-refractivity contribution in [3.05, 3.63) is 53.6 Å². The SMILES string of the molecule is COCCN1CCn2cc(C(=O)N3CCC(Cc4ccccc4)CC3)nc2C1=O. The predicted molar refractivity (Wildman–Crippen MR) is 109 cm³/mol. The lowest BCUT2D eigenvalue weighted by Crippen LogP contribution is -2.42. The fourth-order valence-corrected chi connectivity index (χ4v) is 4.20. The van der Waals surface area contributed by atoms with E-state index in [-0.39, 0.29) is 11.8 Å². The number of aromatic nitrogens is 2. The first kappa shape index (κ1) is 19.6. The molecule has 7 heteroatoms. The first-order chi connectivity index (χ1) is 14.2. The molecule has 2 aliphatic rings. The van der Waals surface area contributed by atoms with Crippen LogP contribution in [0, 0.1) is 5.92 Å². The van der Waals surface area contributed by atoms with E-state index in [0.29, 0.717) is 43.7 Å². The highest BCUT2D eigenvalue weighted by molar-refractivity contribution is 5.96. The normalized spacial score (nSPS) is 17.5. The molecule has 2 aromatic rings. The van der Waals surface area contributed by atoms with Crippen LogP contribution in [-0.4, -0.2) is 71.1 Å².